The average Bonchev–Trinajstić information content (AvgIpc) is 2.52. The van der Waals surface area contributed by atoms with Gasteiger partial charge in [0.2, 0.25) is 5.91 Å². The van der Waals surface area contributed by atoms with Gasteiger partial charge in [-0.15, -0.1) is 0 Å². The molecule has 0 aromatic heterocycles. The highest BCUT2D eigenvalue weighted by molar-refractivity contribution is 5.98. The summed E-state index contributed by atoms with van der Waals surface area (Å²) in [5, 5.41) is 5.89. The lowest BCUT2D eigenvalue weighted by molar-refractivity contribution is -0.117. The van der Waals surface area contributed by atoms with Crippen LogP contribution in [0.15, 0.2) is 18.2 Å². The summed E-state index contributed by atoms with van der Waals surface area (Å²) in [6.45, 7) is 7.03. The number of unbranched alkanes of at least 4 members (excludes halogenated alkanes) is 5. The van der Waals surface area contributed by atoms with E-state index in [4.69, 9.17) is 0 Å². The molecule has 0 unspecified atom stereocenters. The minimum absolute atomic E-state index is 0.0286. The van der Waals surface area contributed by atoms with Crippen LogP contribution in [-0.4, -0.2) is 18.4 Å². The number of rotatable bonds is 8. The molecular weight excluding hydrogens is 300 g/mol. The Balaban J connectivity index is 1.89. The summed E-state index contributed by atoms with van der Waals surface area (Å²) < 4.78 is 0. The van der Waals surface area contributed by atoms with E-state index in [1.54, 1.807) is 6.07 Å². The quantitative estimate of drug-likeness (QED) is 0.694. The van der Waals surface area contributed by atoms with Crippen molar-refractivity contribution in [3.05, 3.63) is 29.3 Å². The van der Waals surface area contributed by atoms with E-state index in [0.29, 0.717) is 12.0 Å². The van der Waals surface area contributed by atoms with Crippen LogP contribution < -0.4 is 10.6 Å². The molecule has 2 N–H and O–H groups in total. The SMILES string of the molecule is CCCCCCCCNC(=O)c1ccc2c(c1)C(C)(C)CC(=O)N2. The molecule has 1 aromatic carbocycles. The van der Waals surface area contributed by atoms with Crippen LogP contribution in [0.2, 0.25) is 0 Å². The van der Waals surface area contributed by atoms with Gasteiger partial charge in [0.15, 0.2) is 0 Å². The highest BCUT2D eigenvalue weighted by Gasteiger charge is 2.32. The van der Waals surface area contributed by atoms with Gasteiger partial charge in [0.25, 0.3) is 5.91 Å². The molecule has 0 saturated heterocycles. The summed E-state index contributed by atoms with van der Waals surface area (Å²) in [5.41, 5.74) is 2.29. The summed E-state index contributed by atoms with van der Waals surface area (Å²) in [7, 11) is 0. The van der Waals surface area contributed by atoms with Crippen molar-refractivity contribution in [1.29, 1.82) is 0 Å². The van der Waals surface area contributed by atoms with Gasteiger partial charge in [-0.05, 0) is 30.2 Å². The number of fused-ring (bicyclic) bond motifs is 1. The van der Waals surface area contributed by atoms with E-state index >= 15 is 0 Å². The molecular formula is C20H30N2O2. The van der Waals surface area contributed by atoms with Crippen molar-refractivity contribution in [2.75, 3.05) is 11.9 Å². The van der Waals surface area contributed by atoms with Gasteiger partial charge in [0.1, 0.15) is 0 Å². The second kappa shape index (κ2) is 8.32. The van der Waals surface area contributed by atoms with E-state index in [2.05, 4.69) is 17.6 Å². The second-order valence-electron chi connectivity index (χ2n) is 7.39. The summed E-state index contributed by atoms with van der Waals surface area (Å²) in [4.78, 5) is 24.1. The number of carbonyl (C=O) groups is 2. The molecule has 0 aliphatic carbocycles. The molecule has 4 heteroatoms. The topological polar surface area (TPSA) is 58.2 Å². The maximum atomic E-state index is 12.3. The molecule has 0 spiro atoms. The monoisotopic (exact) mass is 330 g/mol. The van der Waals surface area contributed by atoms with Gasteiger partial charge in [-0.1, -0.05) is 52.9 Å². The number of nitrogens with one attached hydrogen (secondary N) is 2. The second-order valence-corrected chi connectivity index (χ2v) is 7.39. The summed E-state index contributed by atoms with van der Waals surface area (Å²) in [6, 6.07) is 5.55. The molecule has 0 saturated carbocycles. The third-order valence-corrected chi connectivity index (χ3v) is 4.70. The Morgan fingerprint density at radius 2 is 1.88 bits per heavy atom. The first-order valence-electron chi connectivity index (χ1n) is 9.16. The van der Waals surface area contributed by atoms with Crippen LogP contribution in [0.4, 0.5) is 5.69 Å². The first kappa shape index (κ1) is 18.5. The van der Waals surface area contributed by atoms with E-state index in [1.807, 2.05) is 26.0 Å². The normalized spacial score (nSPS) is 15.5. The van der Waals surface area contributed by atoms with Crippen molar-refractivity contribution < 1.29 is 9.59 Å². The van der Waals surface area contributed by atoms with E-state index in [0.717, 1.165) is 24.2 Å². The average molecular weight is 330 g/mol. The lowest BCUT2D eigenvalue weighted by atomic mass is 9.77. The molecule has 0 fully saturated rings. The van der Waals surface area contributed by atoms with Gasteiger partial charge in [-0.25, -0.2) is 0 Å². The molecule has 0 atom stereocenters. The van der Waals surface area contributed by atoms with Crippen LogP contribution in [0, 0.1) is 0 Å². The molecule has 1 aliphatic rings. The Morgan fingerprint density at radius 1 is 1.17 bits per heavy atom. The molecule has 2 rings (SSSR count). The van der Waals surface area contributed by atoms with Crippen molar-refractivity contribution in [3.63, 3.8) is 0 Å². The largest absolute Gasteiger partial charge is 0.352 e. The van der Waals surface area contributed by atoms with Gasteiger partial charge in [-0.2, -0.15) is 0 Å². The Kier molecular flexibility index (Phi) is 6.41. The third kappa shape index (κ3) is 4.83. The lowest BCUT2D eigenvalue weighted by Crippen LogP contribution is -2.33. The van der Waals surface area contributed by atoms with Crippen LogP contribution in [0.1, 0.15) is 81.6 Å². The lowest BCUT2D eigenvalue weighted by Gasteiger charge is -2.32. The summed E-state index contributed by atoms with van der Waals surface area (Å²) in [6.07, 6.45) is 7.74. The van der Waals surface area contributed by atoms with Gasteiger partial charge in [0.05, 0.1) is 0 Å². The molecule has 132 valence electrons. The molecule has 1 aromatic rings. The zero-order valence-electron chi connectivity index (χ0n) is 15.2. The molecule has 24 heavy (non-hydrogen) atoms. The van der Waals surface area contributed by atoms with E-state index in [9.17, 15) is 9.59 Å². The van der Waals surface area contributed by atoms with Crippen molar-refractivity contribution >= 4 is 17.5 Å². The fraction of sp³-hybridized carbons (Fsp3) is 0.600. The third-order valence-electron chi connectivity index (χ3n) is 4.70. The van der Waals surface area contributed by atoms with E-state index < -0.39 is 0 Å². The van der Waals surface area contributed by atoms with Crippen molar-refractivity contribution in [3.8, 4) is 0 Å². The highest BCUT2D eigenvalue weighted by atomic mass is 16.2. The number of amides is 2. The summed E-state index contributed by atoms with van der Waals surface area (Å²) in [5.74, 6) is 0.00633. The van der Waals surface area contributed by atoms with Crippen molar-refractivity contribution in [2.45, 2.75) is 71.1 Å². The zero-order chi connectivity index (χ0) is 17.6. The standard InChI is InChI=1S/C20H30N2O2/c1-4-5-6-7-8-9-12-21-19(24)15-10-11-17-16(13-15)20(2,3)14-18(23)22-17/h10-11,13H,4-9,12,14H2,1-3H3,(H,21,24)(H,22,23). The van der Waals surface area contributed by atoms with Crippen LogP contribution in [-0.2, 0) is 10.2 Å². The maximum absolute atomic E-state index is 12.3. The van der Waals surface area contributed by atoms with Gasteiger partial charge in [-0.3, -0.25) is 9.59 Å². The molecule has 0 radical (unpaired) electrons. The molecule has 1 aliphatic heterocycles. The fourth-order valence-corrected chi connectivity index (χ4v) is 3.25. The Bertz CT molecular complexity index is 593. The Labute approximate surface area is 145 Å². The zero-order valence-corrected chi connectivity index (χ0v) is 15.2. The summed E-state index contributed by atoms with van der Waals surface area (Å²) >= 11 is 0. The number of anilines is 1. The van der Waals surface area contributed by atoms with Crippen LogP contribution >= 0.6 is 0 Å². The molecule has 0 bridgehead atoms. The van der Waals surface area contributed by atoms with Gasteiger partial charge in [0, 0.05) is 29.6 Å². The first-order chi connectivity index (χ1) is 11.4. The first-order valence-corrected chi connectivity index (χ1v) is 9.16. The van der Waals surface area contributed by atoms with Crippen LogP contribution in [0.3, 0.4) is 0 Å². The Hall–Kier alpha value is -1.84. The highest BCUT2D eigenvalue weighted by Crippen LogP contribution is 2.37. The van der Waals surface area contributed by atoms with Crippen molar-refractivity contribution in [1.82, 2.24) is 5.32 Å². The fourth-order valence-electron chi connectivity index (χ4n) is 3.25. The molecule has 1 heterocycles. The number of hydrogen-bond donors (Lipinski definition) is 2. The van der Waals surface area contributed by atoms with E-state index in [-0.39, 0.29) is 17.2 Å². The number of hydrogen-bond acceptors (Lipinski definition) is 2. The number of benzene rings is 1. The molecule has 2 amide bonds. The van der Waals surface area contributed by atoms with Gasteiger partial charge >= 0.3 is 0 Å². The van der Waals surface area contributed by atoms with Gasteiger partial charge < -0.3 is 10.6 Å². The Morgan fingerprint density at radius 3 is 2.62 bits per heavy atom. The predicted octanol–water partition coefficient (Wildman–Crippen LogP) is 4.40. The predicted molar refractivity (Wildman–Crippen MR) is 98.4 cm³/mol. The van der Waals surface area contributed by atoms with Crippen LogP contribution in [0.5, 0.6) is 0 Å². The van der Waals surface area contributed by atoms with Crippen LogP contribution in [0.25, 0.3) is 0 Å². The van der Waals surface area contributed by atoms with Crippen molar-refractivity contribution in [2.24, 2.45) is 0 Å². The molecule has 4 nitrogen and oxygen atoms in total. The maximum Gasteiger partial charge on any atom is 0.251 e. The number of carbonyl (C=O) groups excluding carboxylic acids is 2. The van der Waals surface area contributed by atoms with E-state index in [1.165, 1.54) is 32.1 Å². The minimum Gasteiger partial charge on any atom is -0.352 e. The smallest absolute Gasteiger partial charge is 0.251 e. The minimum atomic E-state index is -0.243.